The van der Waals surface area contributed by atoms with Gasteiger partial charge in [0.15, 0.2) is 11.6 Å². The van der Waals surface area contributed by atoms with Crippen molar-refractivity contribution < 1.29 is 9.13 Å². The van der Waals surface area contributed by atoms with Crippen molar-refractivity contribution in [3.05, 3.63) is 77.9 Å². The van der Waals surface area contributed by atoms with E-state index in [1.165, 1.54) is 12.1 Å². The molecule has 1 aliphatic carbocycles. The first-order chi connectivity index (χ1) is 14.5. The second-order valence-electron chi connectivity index (χ2n) is 7.78. The number of hydrogen-bond acceptors (Lipinski definition) is 4. The molecule has 7 heteroatoms. The Hall–Kier alpha value is -3.48. The molecule has 1 fully saturated rings. The number of methoxy groups -OCH3 is 1. The van der Waals surface area contributed by atoms with Gasteiger partial charge in [-0.3, -0.25) is 0 Å². The molecule has 0 N–H and O–H groups in total. The molecule has 0 saturated heterocycles. The number of benzene rings is 2. The molecule has 0 amide bonds. The van der Waals surface area contributed by atoms with Crippen molar-refractivity contribution in [2.24, 2.45) is 7.05 Å². The average Bonchev–Trinajstić information content (AvgIpc) is 3.30. The van der Waals surface area contributed by atoms with Gasteiger partial charge in [-0.1, -0.05) is 12.1 Å². The molecule has 2 heterocycles. The molecule has 0 aliphatic heterocycles. The van der Waals surface area contributed by atoms with Gasteiger partial charge in [0.2, 0.25) is 0 Å². The van der Waals surface area contributed by atoms with Crippen molar-refractivity contribution in [1.82, 2.24) is 24.3 Å². The van der Waals surface area contributed by atoms with E-state index in [0.29, 0.717) is 0 Å². The summed E-state index contributed by atoms with van der Waals surface area (Å²) in [5.74, 6) is 2.04. The van der Waals surface area contributed by atoms with E-state index in [0.717, 1.165) is 52.7 Å². The number of nitrogens with zero attached hydrogens (tertiary/aromatic N) is 5. The number of aryl methyl sites for hydroxylation is 2. The first kappa shape index (κ1) is 18.5. The Morgan fingerprint density at radius 3 is 2.50 bits per heavy atom. The summed E-state index contributed by atoms with van der Waals surface area (Å²) in [6.07, 6.45) is 5.65. The van der Waals surface area contributed by atoms with Crippen LogP contribution in [-0.4, -0.2) is 31.4 Å². The summed E-state index contributed by atoms with van der Waals surface area (Å²) in [6, 6.07) is 12.7. The highest BCUT2D eigenvalue weighted by molar-refractivity contribution is 5.63. The van der Waals surface area contributed by atoms with E-state index in [1.54, 1.807) is 18.1 Å². The maximum atomic E-state index is 13.4. The highest BCUT2D eigenvalue weighted by Crippen LogP contribution is 2.52. The van der Waals surface area contributed by atoms with Crippen LogP contribution in [-0.2, 0) is 12.5 Å². The summed E-state index contributed by atoms with van der Waals surface area (Å²) in [5.41, 5.74) is 3.61. The van der Waals surface area contributed by atoms with Gasteiger partial charge in [0.05, 0.1) is 30.2 Å². The van der Waals surface area contributed by atoms with Crippen molar-refractivity contribution in [1.29, 1.82) is 0 Å². The van der Waals surface area contributed by atoms with Gasteiger partial charge >= 0.3 is 0 Å². The highest BCUT2D eigenvalue weighted by Gasteiger charge is 2.49. The van der Waals surface area contributed by atoms with Crippen LogP contribution >= 0.6 is 0 Å². The van der Waals surface area contributed by atoms with Gasteiger partial charge in [-0.25, -0.2) is 19.0 Å². The Morgan fingerprint density at radius 1 is 1.10 bits per heavy atom. The molecule has 5 rings (SSSR count). The molecule has 6 nitrogen and oxygen atoms in total. The van der Waals surface area contributed by atoms with E-state index in [2.05, 4.69) is 4.98 Å². The van der Waals surface area contributed by atoms with E-state index < -0.39 is 0 Å². The third kappa shape index (κ3) is 2.98. The number of aromatic nitrogens is 5. The average molecular weight is 403 g/mol. The standard InChI is InChI=1S/C23H22FN5O/c1-15-13-29(14-25-15)19-9-4-16(12-20(19)30-3)21-26-22(27-28(21)2)23(10-11-23)17-5-7-18(24)8-6-17/h4-9,12-14H,10-11H2,1-3H3. The van der Waals surface area contributed by atoms with E-state index >= 15 is 0 Å². The lowest BCUT2D eigenvalue weighted by Gasteiger charge is -2.11. The lowest BCUT2D eigenvalue weighted by molar-refractivity contribution is 0.413. The minimum absolute atomic E-state index is 0.220. The molecule has 0 unspecified atom stereocenters. The molecular weight excluding hydrogens is 381 g/mol. The minimum atomic E-state index is -0.232. The summed E-state index contributed by atoms with van der Waals surface area (Å²) in [5, 5.41) is 4.72. The van der Waals surface area contributed by atoms with Crippen LogP contribution in [0.4, 0.5) is 4.39 Å². The maximum Gasteiger partial charge on any atom is 0.161 e. The topological polar surface area (TPSA) is 57.8 Å². The van der Waals surface area contributed by atoms with Gasteiger partial charge in [-0.05, 0) is 55.7 Å². The quantitative estimate of drug-likeness (QED) is 0.501. The van der Waals surface area contributed by atoms with Crippen LogP contribution in [0.2, 0.25) is 0 Å². The SMILES string of the molecule is COc1cc(-c2nc(C3(c4ccc(F)cc4)CC3)nn2C)ccc1-n1cnc(C)c1. The largest absolute Gasteiger partial charge is 0.495 e. The van der Waals surface area contributed by atoms with Crippen molar-refractivity contribution in [2.45, 2.75) is 25.2 Å². The third-order valence-electron chi connectivity index (χ3n) is 5.77. The smallest absolute Gasteiger partial charge is 0.161 e. The number of halogens is 1. The zero-order valence-corrected chi connectivity index (χ0v) is 17.1. The van der Waals surface area contributed by atoms with Crippen LogP contribution in [0.1, 0.15) is 29.9 Å². The fraction of sp³-hybridized carbons (Fsp3) is 0.261. The van der Waals surface area contributed by atoms with Crippen LogP contribution in [0.5, 0.6) is 5.75 Å². The van der Waals surface area contributed by atoms with E-state index in [-0.39, 0.29) is 11.2 Å². The van der Waals surface area contributed by atoms with Crippen LogP contribution in [0, 0.1) is 12.7 Å². The maximum absolute atomic E-state index is 13.4. The first-order valence-electron chi connectivity index (χ1n) is 9.87. The number of ether oxygens (including phenoxy) is 1. The third-order valence-corrected chi connectivity index (χ3v) is 5.77. The van der Waals surface area contributed by atoms with Gasteiger partial charge in [0.1, 0.15) is 11.6 Å². The van der Waals surface area contributed by atoms with Crippen LogP contribution in [0.3, 0.4) is 0 Å². The molecular formula is C23H22FN5O. The molecule has 0 radical (unpaired) electrons. The summed E-state index contributed by atoms with van der Waals surface area (Å²) in [4.78, 5) is 9.17. The molecule has 30 heavy (non-hydrogen) atoms. The predicted octanol–water partition coefficient (Wildman–Crippen LogP) is 4.20. The fourth-order valence-electron chi connectivity index (χ4n) is 3.96. The highest BCUT2D eigenvalue weighted by atomic mass is 19.1. The summed E-state index contributed by atoms with van der Waals surface area (Å²) >= 11 is 0. The number of imidazole rings is 1. The zero-order valence-electron chi connectivity index (χ0n) is 17.1. The van der Waals surface area contributed by atoms with Crippen molar-refractivity contribution in [3.63, 3.8) is 0 Å². The van der Waals surface area contributed by atoms with Crippen LogP contribution < -0.4 is 4.74 Å². The van der Waals surface area contributed by atoms with E-state index in [4.69, 9.17) is 14.8 Å². The van der Waals surface area contributed by atoms with Crippen molar-refractivity contribution in [3.8, 4) is 22.8 Å². The van der Waals surface area contributed by atoms with Gasteiger partial charge < -0.3 is 9.30 Å². The van der Waals surface area contributed by atoms with Gasteiger partial charge in [0.25, 0.3) is 0 Å². The molecule has 0 spiro atoms. The zero-order chi connectivity index (χ0) is 20.9. The molecule has 1 saturated carbocycles. The Morgan fingerprint density at radius 2 is 1.87 bits per heavy atom. The molecule has 0 bridgehead atoms. The molecule has 0 atom stereocenters. The molecule has 4 aromatic rings. The van der Waals surface area contributed by atoms with E-state index in [9.17, 15) is 4.39 Å². The van der Waals surface area contributed by atoms with Gasteiger partial charge in [-0.15, -0.1) is 0 Å². The van der Waals surface area contributed by atoms with Crippen molar-refractivity contribution >= 4 is 0 Å². The van der Waals surface area contributed by atoms with Crippen molar-refractivity contribution in [2.75, 3.05) is 7.11 Å². The Kier molecular flexibility index (Phi) is 4.20. The predicted molar refractivity (Wildman–Crippen MR) is 111 cm³/mol. The van der Waals surface area contributed by atoms with Crippen LogP contribution in [0.25, 0.3) is 17.1 Å². The second kappa shape index (κ2) is 6.79. The van der Waals surface area contributed by atoms with Gasteiger partial charge in [-0.2, -0.15) is 5.10 Å². The lowest BCUT2D eigenvalue weighted by atomic mass is 9.95. The first-order valence-corrected chi connectivity index (χ1v) is 9.87. The number of rotatable bonds is 5. The normalized spacial score (nSPS) is 14.7. The molecule has 2 aromatic heterocycles. The number of hydrogen-bond donors (Lipinski definition) is 0. The summed E-state index contributed by atoms with van der Waals surface area (Å²) in [7, 11) is 3.55. The summed E-state index contributed by atoms with van der Waals surface area (Å²) in [6.45, 7) is 1.95. The molecule has 2 aromatic carbocycles. The summed E-state index contributed by atoms with van der Waals surface area (Å²) < 4.78 is 22.7. The van der Waals surface area contributed by atoms with Gasteiger partial charge in [0, 0.05) is 18.8 Å². The second-order valence-corrected chi connectivity index (χ2v) is 7.78. The molecule has 1 aliphatic rings. The Bertz CT molecular complexity index is 1220. The Balaban J connectivity index is 1.53. The fourth-order valence-corrected chi connectivity index (χ4v) is 3.96. The lowest BCUT2D eigenvalue weighted by Crippen LogP contribution is -2.11. The van der Waals surface area contributed by atoms with Crippen LogP contribution in [0.15, 0.2) is 55.0 Å². The minimum Gasteiger partial charge on any atom is -0.495 e. The monoisotopic (exact) mass is 403 g/mol. The Labute approximate surface area is 174 Å². The van der Waals surface area contributed by atoms with E-state index in [1.807, 2.05) is 55.1 Å². The molecule has 152 valence electrons.